The van der Waals surface area contributed by atoms with Gasteiger partial charge in [0.15, 0.2) is 5.11 Å². The molecule has 2 aromatic heterocycles. The van der Waals surface area contributed by atoms with E-state index in [0.29, 0.717) is 11.0 Å². The Balaban J connectivity index is 1.60. The minimum Gasteiger partial charge on any atom is -0.481 e. The molecule has 0 spiro atoms. The minimum absolute atomic E-state index is 0.514. The Morgan fingerprint density at radius 1 is 1.00 bits per heavy atom. The molecule has 0 amide bonds. The quantitative estimate of drug-likeness (QED) is 0.490. The number of aryl methyl sites for hydroxylation is 1. The lowest BCUT2D eigenvalue weighted by Gasteiger charge is -2.11. The average Bonchev–Trinajstić information content (AvgIpc) is 3.01. The molecule has 0 bridgehead atoms. The smallest absolute Gasteiger partial charge is 0.213 e. The van der Waals surface area contributed by atoms with Gasteiger partial charge in [0.1, 0.15) is 0 Å². The lowest BCUT2D eigenvalue weighted by molar-refractivity contribution is 0.398. The molecular formula is C21H20N4OS. The van der Waals surface area contributed by atoms with Crippen LogP contribution in [-0.2, 0) is 6.54 Å². The van der Waals surface area contributed by atoms with Gasteiger partial charge in [-0.2, -0.15) is 0 Å². The summed E-state index contributed by atoms with van der Waals surface area (Å²) in [6.07, 6.45) is 1.69. The first kappa shape index (κ1) is 17.3. The monoisotopic (exact) mass is 376 g/mol. The number of thiocarbonyl (C=S) groups is 1. The van der Waals surface area contributed by atoms with Crippen LogP contribution in [0.1, 0.15) is 6.92 Å². The highest BCUT2D eigenvalue weighted by Crippen LogP contribution is 2.31. The minimum atomic E-state index is 0.514. The van der Waals surface area contributed by atoms with Crippen molar-refractivity contribution in [3.8, 4) is 5.88 Å². The van der Waals surface area contributed by atoms with Crippen molar-refractivity contribution in [2.24, 2.45) is 0 Å². The zero-order valence-electron chi connectivity index (χ0n) is 15.2. The Bertz CT molecular complexity index is 1120. The highest BCUT2D eigenvalue weighted by molar-refractivity contribution is 7.80. The van der Waals surface area contributed by atoms with E-state index in [-0.39, 0.29) is 0 Å². The third kappa shape index (κ3) is 3.31. The second-order valence-electron chi connectivity index (χ2n) is 6.16. The van der Waals surface area contributed by atoms with Crippen LogP contribution in [0.15, 0.2) is 60.8 Å². The fourth-order valence-corrected chi connectivity index (χ4v) is 3.58. The summed E-state index contributed by atoms with van der Waals surface area (Å²) in [5, 5.41) is 9.37. The first-order chi connectivity index (χ1) is 13.2. The van der Waals surface area contributed by atoms with Gasteiger partial charge in [0.05, 0.1) is 19.0 Å². The van der Waals surface area contributed by atoms with Gasteiger partial charge < -0.3 is 19.9 Å². The second-order valence-corrected chi connectivity index (χ2v) is 6.57. The maximum absolute atomic E-state index is 5.44. The number of aromatic nitrogens is 2. The van der Waals surface area contributed by atoms with Crippen molar-refractivity contribution in [1.29, 1.82) is 0 Å². The predicted molar refractivity (Wildman–Crippen MR) is 116 cm³/mol. The summed E-state index contributed by atoms with van der Waals surface area (Å²) in [7, 11) is 1.59. The summed E-state index contributed by atoms with van der Waals surface area (Å²) in [6.45, 7) is 3.10. The van der Waals surface area contributed by atoms with Gasteiger partial charge in [-0.1, -0.05) is 18.2 Å². The maximum atomic E-state index is 5.44. The molecular weight excluding hydrogens is 356 g/mol. The number of nitrogens with one attached hydrogen (secondary N) is 2. The molecule has 0 fully saturated rings. The van der Waals surface area contributed by atoms with Crippen LogP contribution in [-0.4, -0.2) is 21.8 Å². The van der Waals surface area contributed by atoms with E-state index in [1.54, 1.807) is 19.4 Å². The first-order valence-electron chi connectivity index (χ1n) is 8.78. The second kappa shape index (κ2) is 7.25. The van der Waals surface area contributed by atoms with E-state index >= 15 is 0 Å². The third-order valence-electron chi connectivity index (χ3n) is 4.55. The number of rotatable bonds is 4. The van der Waals surface area contributed by atoms with Gasteiger partial charge >= 0.3 is 0 Å². The highest BCUT2D eigenvalue weighted by atomic mass is 32.1. The number of ether oxygens (including phenoxy) is 1. The Morgan fingerprint density at radius 3 is 2.48 bits per heavy atom. The molecule has 6 heteroatoms. The van der Waals surface area contributed by atoms with Gasteiger partial charge in [-0.25, -0.2) is 4.98 Å². The van der Waals surface area contributed by atoms with E-state index in [1.807, 2.05) is 12.1 Å². The Morgan fingerprint density at radius 2 is 1.74 bits per heavy atom. The summed E-state index contributed by atoms with van der Waals surface area (Å²) in [5.74, 6) is 0.567. The number of nitrogens with zero attached hydrogens (tertiary/aromatic N) is 2. The number of fused-ring (bicyclic) bond motifs is 3. The summed E-state index contributed by atoms with van der Waals surface area (Å²) >= 11 is 5.44. The van der Waals surface area contributed by atoms with Crippen molar-refractivity contribution >= 4 is 50.5 Å². The molecule has 0 unspecified atom stereocenters. The number of benzene rings is 2. The lowest BCUT2D eigenvalue weighted by Crippen LogP contribution is -2.19. The van der Waals surface area contributed by atoms with Crippen molar-refractivity contribution < 1.29 is 4.74 Å². The molecule has 0 aliphatic rings. The average molecular weight is 376 g/mol. The zero-order valence-corrected chi connectivity index (χ0v) is 16.0. The first-order valence-corrected chi connectivity index (χ1v) is 9.19. The van der Waals surface area contributed by atoms with Crippen molar-refractivity contribution in [1.82, 2.24) is 9.55 Å². The van der Waals surface area contributed by atoms with Crippen LogP contribution in [0, 0.1) is 0 Å². The van der Waals surface area contributed by atoms with Crippen molar-refractivity contribution in [2.75, 3.05) is 17.7 Å². The molecule has 2 aromatic carbocycles. The maximum Gasteiger partial charge on any atom is 0.213 e. The summed E-state index contributed by atoms with van der Waals surface area (Å²) in [5.41, 5.74) is 4.22. The van der Waals surface area contributed by atoms with Crippen LogP contribution in [0.2, 0.25) is 0 Å². The van der Waals surface area contributed by atoms with Crippen LogP contribution in [0.4, 0.5) is 11.4 Å². The van der Waals surface area contributed by atoms with Gasteiger partial charge in [-0.3, -0.25) is 0 Å². The summed E-state index contributed by atoms with van der Waals surface area (Å²) < 4.78 is 7.40. The van der Waals surface area contributed by atoms with Gasteiger partial charge in [0.25, 0.3) is 0 Å². The standard InChI is InChI=1S/C21H20N4OS/c1-3-25-18-7-5-4-6-16(18)17-12-14(8-10-19(17)25)23-21(27)24-15-9-11-20(26-2)22-13-15/h4-13H,3H2,1-2H3,(H2,23,24,27). The predicted octanol–water partition coefficient (Wildman–Crippen LogP) is 5.03. The molecule has 0 atom stereocenters. The summed E-state index contributed by atoms with van der Waals surface area (Å²) in [6, 6.07) is 18.5. The number of pyridine rings is 1. The van der Waals surface area contributed by atoms with Crippen molar-refractivity contribution in [2.45, 2.75) is 13.5 Å². The van der Waals surface area contributed by atoms with Crippen LogP contribution in [0.5, 0.6) is 5.88 Å². The largest absolute Gasteiger partial charge is 0.481 e. The van der Waals surface area contributed by atoms with Crippen LogP contribution in [0.3, 0.4) is 0 Å². The molecule has 0 saturated heterocycles. The topological polar surface area (TPSA) is 51.1 Å². The fourth-order valence-electron chi connectivity index (χ4n) is 3.34. The van der Waals surface area contributed by atoms with Crippen molar-refractivity contribution in [3.63, 3.8) is 0 Å². The fraction of sp³-hybridized carbons (Fsp3) is 0.143. The van der Waals surface area contributed by atoms with E-state index in [0.717, 1.165) is 17.9 Å². The molecule has 27 heavy (non-hydrogen) atoms. The van der Waals surface area contributed by atoms with E-state index < -0.39 is 0 Å². The molecule has 2 N–H and O–H groups in total. The van der Waals surface area contributed by atoms with Crippen molar-refractivity contribution in [3.05, 3.63) is 60.8 Å². The normalized spacial score (nSPS) is 10.9. The number of anilines is 2. The van der Waals surface area contributed by atoms with E-state index in [1.165, 1.54) is 21.8 Å². The van der Waals surface area contributed by atoms with Crippen LogP contribution in [0.25, 0.3) is 21.8 Å². The molecule has 2 heterocycles. The zero-order chi connectivity index (χ0) is 18.8. The Kier molecular flexibility index (Phi) is 4.64. The van der Waals surface area contributed by atoms with E-state index in [2.05, 4.69) is 63.5 Å². The molecule has 0 saturated carbocycles. The Labute approximate surface area is 163 Å². The number of para-hydroxylation sites is 1. The third-order valence-corrected chi connectivity index (χ3v) is 4.75. The molecule has 0 aliphatic carbocycles. The molecule has 4 aromatic rings. The van der Waals surface area contributed by atoms with Gasteiger partial charge in [-0.05, 0) is 49.5 Å². The Hall–Kier alpha value is -3.12. The van der Waals surface area contributed by atoms with Crippen LogP contribution >= 0.6 is 12.2 Å². The lowest BCUT2D eigenvalue weighted by atomic mass is 10.1. The highest BCUT2D eigenvalue weighted by Gasteiger charge is 2.10. The molecule has 136 valence electrons. The SMILES string of the molecule is CCn1c2ccccc2c2cc(NC(=S)Nc3ccc(OC)nc3)ccc21. The number of hydrogen-bond acceptors (Lipinski definition) is 3. The molecule has 4 rings (SSSR count). The summed E-state index contributed by atoms with van der Waals surface area (Å²) in [4.78, 5) is 4.17. The number of hydrogen-bond donors (Lipinski definition) is 2. The molecule has 0 radical (unpaired) electrons. The molecule has 0 aliphatic heterocycles. The number of methoxy groups -OCH3 is 1. The van der Waals surface area contributed by atoms with Gasteiger partial charge in [-0.15, -0.1) is 0 Å². The van der Waals surface area contributed by atoms with E-state index in [4.69, 9.17) is 17.0 Å². The van der Waals surface area contributed by atoms with E-state index in [9.17, 15) is 0 Å². The molecule has 5 nitrogen and oxygen atoms in total. The van der Waals surface area contributed by atoms with Gasteiger partial charge in [0.2, 0.25) is 5.88 Å². The van der Waals surface area contributed by atoms with Gasteiger partial charge in [0, 0.05) is 40.1 Å². The van der Waals surface area contributed by atoms with Crippen LogP contribution < -0.4 is 15.4 Å².